The summed E-state index contributed by atoms with van der Waals surface area (Å²) in [6.07, 6.45) is 5.78. The molecule has 25 heavy (non-hydrogen) atoms. The van der Waals surface area contributed by atoms with Crippen LogP contribution in [-0.2, 0) is 4.74 Å². The SMILES string of the molecule is COc1cccc(Cl)c1C1=CC2CCCC(C1)N2C(=O)OC(C)(C)C. The van der Waals surface area contributed by atoms with Crippen molar-refractivity contribution in [1.82, 2.24) is 4.90 Å². The van der Waals surface area contributed by atoms with Crippen molar-refractivity contribution in [3.05, 3.63) is 34.9 Å². The van der Waals surface area contributed by atoms with Crippen LogP contribution < -0.4 is 4.74 Å². The lowest BCUT2D eigenvalue weighted by molar-refractivity contribution is 0.0000839. The first-order valence-electron chi connectivity index (χ1n) is 8.85. The van der Waals surface area contributed by atoms with Crippen molar-refractivity contribution in [3.8, 4) is 5.75 Å². The number of hydrogen-bond donors (Lipinski definition) is 0. The molecule has 2 heterocycles. The van der Waals surface area contributed by atoms with E-state index in [2.05, 4.69) is 6.08 Å². The molecule has 136 valence electrons. The summed E-state index contributed by atoms with van der Waals surface area (Å²) in [4.78, 5) is 14.6. The molecule has 1 fully saturated rings. The van der Waals surface area contributed by atoms with E-state index in [0.29, 0.717) is 5.02 Å². The highest BCUT2D eigenvalue weighted by atomic mass is 35.5. The van der Waals surface area contributed by atoms with Crippen LogP contribution in [0, 0.1) is 0 Å². The Morgan fingerprint density at radius 2 is 2.04 bits per heavy atom. The number of amides is 1. The van der Waals surface area contributed by atoms with Crippen LogP contribution in [0.4, 0.5) is 4.79 Å². The van der Waals surface area contributed by atoms with Gasteiger partial charge in [0.2, 0.25) is 0 Å². The molecule has 0 radical (unpaired) electrons. The second-order valence-electron chi connectivity index (χ2n) is 7.75. The fraction of sp³-hybridized carbons (Fsp3) is 0.550. The number of carbonyl (C=O) groups is 1. The van der Waals surface area contributed by atoms with Crippen LogP contribution in [0.1, 0.15) is 52.0 Å². The van der Waals surface area contributed by atoms with E-state index in [9.17, 15) is 4.79 Å². The lowest BCUT2D eigenvalue weighted by Gasteiger charge is -2.45. The Bertz CT molecular complexity index is 693. The number of fused-ring (bicyclic) bond motifs is 2. The molecule has 2 atom stereocenters. The van der Waals surface area contributed by atoms with Gasteiger partial charge < -0.3 is 9.47 Å². The monoisotopic (exact) mass is 363 g/mol. The number of rotatable bonds is 2. The second kappa shape index (κ2) is 6.91. The summed E-state index contributed by atoms with van der Waals surface area (Å²) < 4.78 is 11.1. The maximum absolute atomic E-state index is 12.7. The average Bonchev–Trinajstić information content (AvgIpc) is 2.51. The predicted octanol–water partition coefficient (Wildman–Crippen LogP) is 5.29. The number of carbonyl (C=O) groups excluding carboxylic acids is 1. The van der Waals surface area contributed by atoms with Crippen LogP contribution in [-0.4, -0.2) is 35.8 Å². The smallest absolute Gasteiger partial charge is 0.411 e. The Balaban J connectivity index is 1.93. The first-order chi connectivity index (χ1) is 11.8. The minimum absolute atomic E-state index is 0.0540. The summed E-state index contributed by atoms with van der Waals surface area (Å²) in [6, 6.07) is 5.91. The molecule has 3 rings (SSSR count). The first kappa shape index (κ1) is 18.1. The molecular weight excluding hydrogens is 338 g/mol. The number of halogens is 1. The minimum Gasteiger partial charge on any atom is -0.496 e. The third kappa shape index (κ3) is 3.79. The largest absolute Gasteiger partial charge is 0.496 e. The number of benzene rings is 1. The second-order valence-corrected chi connectivity index (χ2v) is 8.16. The third-order valence-corrected chi connectivity index (χ3v) is 5.07. The number of hydrogen-bond acceptors (Lipinski definition) is 3. The van der Waals surface area contributed by atoms with Crippen LogP contribution in [0.3, 0.4) is 0 Å². The van der Waals surface area contributed by atoms with E-state index < -0.39 is 5.60 Å². The third-order valence-electron chi connectivity index (χ3n) is 4.76. The highest BCUT2D eigenvalue weighted by molar-refractivity contribution is 6.32. The van der Waals surface area contributed by atoms with Gasteiger partial charge in [-0.2, -0.15) is 0 Å². The Kier molecular flexibility index (Phi) is 5.01. The lowest BCUT2D eigenvalue weighted by atomic mass is 9.83. The van der Waals surface area contributed by atoms with Gasteiger partial charge in [0.15, 0.2) is 0 Å². The molecule has 2 aliphatic rings. The van der Waals surface area contributed by atoms with Crippen LogP contribution in [0.2, 0.25) is 5.02 Å². The van der Waals surface area contributed by atoms with Crippen molar-refractivity contribution in [2.24, 2.45) is 0 Å². The van der Waals surface area contributed by atoms with Crippen molar-refractivity contribution in [2.45, 2.75) is 64.1 Å². The van der Waals surface area contributed by atoms with E-state index in [1.54, 1.807) is 7.11 Å². The molecule has 0 aromatic heterocycles. The van der Waals surface area contributed by atoms with Crippen LogP contribution >= 0.6 is 11.6 Å². The molecule has 0 N–H and O–H groups in total. The van der Waals surface area contributed by atoms with E-state index >= 15 is 0 Å². The van der Waals surface area contributed by atoms with E-state index in [0.717, 1.165) is 42.6 Å². The Hall–Kier alpha value is -1.68. The minimum atomic E-state index is -0.485. The van der Waals surface area contributed by atoms with Gasteiger partial charge in [0.05, 0.1) is 18.2 Å². The van der Waals surface area contributed by atoms with Gasteiger partial charge in [-0.3, -0.25) is 4.90 Å². The molecule has 1 saturated heterocycles. The zero-order valence-corrected chi connectivity index (χ0v) is 16.1. The molecular formula is C20H26ClNO3. The van der Waals surface area contributed by atoms with Crippen molar-refractivity contribution >= 4 is 23.3 Å². The van der Waals surface area contributed by atoms with Gasteiger partial charge in [-0.25, -0.2) is 4.79 Å². The summed E-state index contributed by atoms with van der Waals surface area (Å²) in [7, 11) is 1.66. The number of nitrogens with zero attached hydrogens (tertiary/aromatic N) is 1. The summed E-state index contributed by atoms with van der Waals surface area (Å²) in [6.45, 7) is 5.71. The highest BCUT2D eigenvalue weighted by Crippen LogP contribution is 2.42. The quantitative estimate of drug-likeness (QED) is 0.716. The molecule has 0 spiro atoms. The van der Waals surface area contributed by atoms with Gasteiger partial charge in [0.1, 0.15) is 11.4 Å². The topological polar surface area (TPSA) is 38.8 Å². The molecule has 0 saturated carbocycles. The molecule has 1 amide bonds. The fourth-order valence-corrected chi connectivity index (χ4v) is 4.09. The van der Waals surface area contributed by atoms with Crippen molar-refractivity contribution < 1.29 is 14.3 Å². The average molecular weight is 364 g/mol. The number of piperidine rings is 1. The maximum Gasteiger partial charge on any atom is 0.411 e. The standard InChI is InChI=1S/C20H26ClNO3/c1-20(2,3)25-19(23)22-14-7-5-8-15(22)12-13(11-14)18-16(21)9-6-10-17(18)24-4/h6,9-11,14-15H,5,7-8,12H2,1-4H3. The van der Waals surface area contributed by atoms with Crippen molar-refractivity contribution in [1.29, 1.82) is 0 Å². The number of methoxy groups -OCH3 is 1. The van der Waals surface area contributed by atoms with Gasteiger partial charge in [0, 0.05) is 11.6 Å². The van der Waals surface area contributed by atoms with Gasteiger partial charge >= 0.3 is 6.09 Å². The zero-order valence-electron chi connectivity index (χ0n) is 15.3. The summed E-state index contributed by atoms with van der Waals surface area (Å²) in [5.74, 6) is 0.780. The highest BCUT2D eigenvalue weighted by Gasteiger charge is 2.40. The van der Waals surface area contributed by atoms with Crippen molar-refractivity contribution in [3.63, 3.8) is 0 Å². The normalized spacial score (nSPS) is 23.1. The van der Waals surface area contributed by atoms with Crippen molar-refractivity contribution in [2.75, 3.05) is 7.11 Å². The maximum atomic E-state index is 12.7. The summed E-state index contributed by atoms with van der Waals surface area (Å²) in [5.41, 5.74) is 1.63. The van der Waals surface area contributed by atoms with E-state index in [1.807, 2.05) is 43.9 Å². The van der Waals surface area contributed by atoms with Gasteiger partial charge in [-0.15, -0.1) is 0 Å². The fourth-order valence-electron chi connectivity index (χ4n) is 3.80. The predicted molar refractivity (Wildman–Crippen MR) is 100 cm³/mol. The van der Waals surface area contributed by atoms with Crippen LogP contribution in [0.5, 0.6) is 5.75 Å². The van der Waals surface area contributed by atoms with Gasteiger partial charge in [0.25, 0.3) is 0 Å². The molecule has 1 aromatic carbocycles. The molecule has 2 bridgehead atoms. The van der Waals surface area contributed by atoms with Gasteiger partial charge in [-0.1, -0.05) is 23.7 Å². The van der Waals surface area contributed by atoms with E-state index in [4.69, 9.17) is 21.1 Å². The molecule has 4 nitrogen and oxygen atoms in total. The van der Waals surface area contributed by atoms with Gasteiger partial charge in [-0.05, 0) is 64.2 Å². The zero-order chi connectivity index (χ0) is 18.2. The Morgan fingerprint density at radius 3 is 2.68 bits per heavy atom. The molecule has 2 aliphatic heterocycles. The number of ether oxygens (including phenoxy) is 2. The molecule has 0 aliphatic carbocycles. The summed E-state index contributed by atoms with van der Waals surface area (Å²) in [5, 5.41) is 0.689. The van der Waals surface area contributed by atoms with E-state index in [-0.39, 0.29) is 18.2 Å². The lowest BCUT2D eigenvalue weighted by Crippen LogP contribution is -2.53. The molecule has 5 heteroatoms. The first-order valence-corrected chi connectivity index (χ1v) is 9.23. The van der Waals surface area contributed by atoms with E-state index in [1.165, 1.54) is 0 Å². The molecule has 2 unspecified atom stereocenters. The molecule has 1 aromatic rings. The Morgan fingerprint density at radius 1 is 1.28 bits per heavy atom. The summed E-state index contributed by atoms with van der Waals surface area (Å²) >= 11 is 6.46. The van der Waals surface area contributed by atoms with Crippen LogP contribution in [0.25, 0.3) is 5.57 Å². The van der Waals surface area contributed by atoms with Crippen LogP contribution in [0.15, 0.2) is 24.3 Å². The Labute approximate surface area is 154 Å².